The van der Waals surface area contributed by atoms with Crippen LogP contribution < -0.4 is 10.1 Å². The fourth-order valence-corrected chi connectivity index (χ4v) is 4.63. The normalized spacial score (nSPS) is 23.2. The lowest BCUT2D eigenvalue weighted by Gasteiger charge is -2.30. The molecule has 0 saturated carbocycles. The maximum absolute atomic E-state index is 5.70. The van der Waals surface area contributed by atoms with Crippen molar-refractivity contribution in [2.45, 2.75) is 39.7 Å². The molecule has 162 valence electrons. The summed E-state index contributed by atoms with van der Waals surface area (Å²) in [5, 5.41) is 3.53. The van der Waals surface area contributed by atoms with Crippen molar-refractivity contribution in [3.63, 3.8) is 0 Å². The van der Waals surface area contributed by atoms with Gasteiger partial charge in [-0.05, 0) is 50.6 Å². The van der Waals surface area contributed by atoms with Gasteiger partial charge < -0.3 is 19.7 Å². The second kappa shape index (κ2) is 10.3. The summed E-state index contributed by atoms with van der Waals surface area (Å²) in [6.45, 7) is 14.1. The summed E-state index contributed by atoms with van der Waals surface area (Å²) in [6.07, 6.45) is 2.38. The van der Waals surface area contributed by atoms with Crippen molar-refractivity contribution in [3.8, 4) is 5.75 Å². The van der Waals surface area contributed by atoms with Gasteiger partial charge in [0, 0.05) is 31.7 Å². The molecule has 2 fully saturated rings. The van der Waals surface area contributed by atoms with E-state index in [1.807, 2.05) is 6.07 Å². The molecular weight excluding hydrogens is 364 g/mol. The summed E-state index contributed by atoms with van der Waals surface area (Å²) in [5.74, 6) is 1.94. The number of aliphatic imine (C=N–C) groups is 1. The van der Waals surface area contributed by atoms with Crippen molar-refractivity contribution < 1.29 is 9.47 Å². The molecular formula is C23H38N4O2. The van der Waals surface area contributed by atoms with Crippen LogP contribution in [0, 0.1) is 5.41 Å². The van der Waals surface area contributed by atoms with Crippen molar-refractivity contribution in [1.29, 1.82) is 0 Å². The minimum absolute atomic E-state index is 0.236. The molecule has 6 nitrogen and oxygen atoms in total. The molecule has 29 heavy (non-hydrogen) atoms. The lowest BCUT2D eigenvalue weighted by molar-refractivity contribution is 0.156. The molecule has 1 spiro atoms. The molecule has 2 aliphatic rings. The molecule has 2 unspecified atom stereocenters. The number of likely N-dealkylation sites (N-methyl/N-ethyl adjacent to an activating group) is 1. The second-order valence-electron chi connectivity index (χ2n) is 8.18. The third-order valence-electron chi connectivity index (χ3n) is 6.40. The molecule has 1 N–H and O–H groups in total. The molecule has 1 aromatic carbocycles. The molecule has 0 amide bonds. The minimum Gasteiger partial charge on any atom is -0.497 e. The SMILES string of the molecule is CCNC(=NCC(c1cccc(OC)c1)N(CC)CC)N1CCC2(CCOC2)C1. The number of rotatable bonds is 8. The highest BCUT2D eigenvalue weighted by atomic mass is 16.5. The van der Waals surface area contributed by atoms with Crippen LogP contribution in [-0.4, -0.2) is 75.4 Å². The highest BCUT2D eigenvalue weighted by Gasteiger charge is 2.42. The monoisotopic (exact) mass is 402 g/mol. The summed E-state index contributed by atoms with van der Waals surface area (Å²) < 4.78 is 11.2. The third kappa shape index (κ3) is 5.23. The standard InChI is InChI=1S/C23H38N4O2/c1-5-24-22(27-13-11-23(17-27)12-14-29-18-23)25-16-21(26(6-2)7-3)19-9-8-10-20(15-19)28-4/h8-10,15,21H,5-7,11-14,16-18H2,1-4H3,(H,24,25). The average Bonchev–Trinajstić information content (AvgIpc) is 3.40. The highest BCUT2D eigenvalue weighted by molar-refractivity contribution is 5.80. The highest BCUT2D eigenvalue weighted by Crippen LogP contribution is 2.38. The zero-order valence-corrected chi connectivity index (χ0v) is 18.6. The first kappa shape index (κ1) is 21.9. The number of ether oxygens (including phenoxy) is 2. The van der Waals surface area contributed by atoms with Crippen LogP contribution in [0.3, 0.4) is 0 Å². The van der Waals surface area contributed by atoms with Gasteiger partial charge in [-0.3, -0.25) is 9.89 Å². The molecule has 0 radical (unpaired) electrons. The number of guanidine groups is 1. The van der Waals surface area contributed by atoms with E-state index in [1.54, 1.807) is 7.11 Å². The van der Waals surface area contributed by atoms with Gasteiger partial charge in [-0.25, -0.2) is 0 Å². The van der Waals surface area contributed by atoms with Crippen LogP contribution in [0.5, 0.6) is 5.75 Å². The van der Waals surface area contributed by atoms with Gasteiger partial charge in [0.1, 0.15) is 5.75 Å². The molecule has 2 atom stereocenters. The first-order valence-electron chi connectivity index (χ1n) is 11.1. The van der Waals surface area contributed by atoms with Gasteiger partial charge in [0.2, 0.25) is 0 Å². The van der Waals surface area contributed by atoms with E-state index in [-0.39, 0.29) is 6.04 Å². The van der Waals surface area contributed by atoms with Gasteiger partial charge in [-0.15, -0.1) is 0 Å². The summed E-state index contributed by atoms with van der Waals surface area (Å²) >= 11 is 0. The van der Waals surface area contributed by atoms with Gasteiger partial charge in [0.05, 0.1) is 26.3 Å². The quantitative estimate of drug-likeness (QED) is 0.535. The van der Waals surface area contributed by atoms with Gasteiger partial charge in [0.25, 0.3) is 0 Å². The molecule has 2 heterocycles. The lowest BCUT2D eigenvalue weighted by atomic mass is 9.87. The first-order valence-corrected chi connectivity index (χ1v) is 11.1. The topological polar surface area (TPSA) is 49.3 Å². The third-order valence-corrected chi connectivity index (χ3v) is 6.40. The summed E-state index contributed by atoms with van der Waals surface area (Å²) in [5.41, 5.74) is 1.59. The van der Waals surface area contributed by atoms with Crippen molar-refractivity contribution in [3.05, 3.63) is 29.8 Å². The minimum atomic E-state index is 0.236. The van der Waals surface area contributed by atoms with Crippen LogP contribution >= 0.6 is 0 Å². The van der Waals surface area contributed by atoms with Crippen LogP contribution in [0.1, 0.15) is 45.2 Å². The Hall–Kier alpha value is -1.79. The number of nitrogens with one attached hydrogen (secondary N) is 1. The van der Waals surface area contributed by atoms with E-state index >= 15 is 0 Å². The Bertz CT molecular complexity index is 669. The van der Waals surface area contributed by atoms with E-state index in [9.17, 15) is 0 Å². The number of nitrogens with zero attached hydrogens (tertiary/aromatic N) is 3. The van der Waals surface area contributed by atoms with Crippen LogP contribution in [-0.2, 0) is 4.74 Å². The molecule has 6 heteroatoms. The van der Waals surface area contributed by atoms with Crippen LogP contribution in [0.25, 0.3) is 0 Å². The van der Waals surface area contributed by atoms with Crippen LogP contribution in [0.15, 0.2) is 29.3 Å². The molecule has 2 saturated heterocycles. The van der Waals surface area contributed by atoms with Gasteiger partial charge in [-0.2, -0.15) is 0 Å². The largest absolute Gasteiger partial charge is 0.497 e. The Morgan fingerprint density at radius 3 is 2.79 bits per heavy atom. The Balaban J connectivity index is 1.79. The van der Waals surface area contributed by atoms with Gasteiger partial charge >= 0.3 is 0 Å². The summed E-state index contributed by atoms with van der Waals surface area (Å²) in [4.78, 5) is 10.0. The molecule has 3 rings (SSSR count). The second-order valence-corrected chi connectivity index (χ2v) is 8.18. The fraction of sp³-hybridized carbons (Fsp3) is 0.696. The number of likely N-dealkylation sites (tertiary alicyclic amines) is 1. The summed E-state index contributed by atoms with van der Waals surface area (Å²) in [6, 6.07) is 8.65. The maximum atomic E-state index is 5.70. The molecule has 0 bridgehead atoms. The predicted molar refractivity (Wildman–Crippen MR) is 119 cm³/mol. The molecule has 0 aromatic heterocycles. The molecule has 0 aliphatic carbocycles. The Morgan fingerprint density at radius 1 is 1.31 bits per heavy atom. The zero-order chi connectivity index (χ0) is 20.7. The molecule has 2 aliphatic heterocycles. The maximum Gasteiger partial charge on any atom is 0.194 e. The van der Waals surface area contributed by atoms with Gasteiger partial charge in [0.15, 0.2) is 5.96 Å². The van der Waals surface area contributed by atoms with E-state index < -0.39 is 0 Å². The van der Waals surface area contributed by atoms with Crippen molar-refractivity contribution in [1.82, 2.24) is 15.1 Å². The van der Waals surface area contributed by atoms with E-state index in [1.165, 1.54) is 18.4 Å². The smallest absolute Gasteiger partial charge is 0.194 e. The summed E-state index contributed by atoms with van der Waals surface area (Å²) in [7, 11) is 1.73. The van der Waals surface area contributed by atoms with Crippen LogP contribution in [0.4, 0.5) is 0 Å². The van der Waals surface area contributed by atoms with Crippen LogP contribution in [0.2, 0.25) is 0 Å². The Labute approximate surface area is 176 Å². The zero-order valence-electron chi connectivity index (χ0n) is 18.6. The van der Waals surface area contributed by atoms with E-state index in [0.717, 1.165) is 64.2 Å². The number of benzene rings is 1. The van der Waals surface area contributed by atoms with Crippen molar-refractivity contribution in [2.24, 2.45) is 10.4 Å². The van der Waals surface area contributed by atoms with E-state index in [0.29, 0.717) is 5.41 Å². The van der Waals surface area contributed by atoms with Crippen molar-refractivity contribution >= 4 is 5.96 Å². The predicted octanol–water partition coefficient (Wildman–Crippen LogP) is 3.16. The first-order chi connectivity index (χ1) is 14.1. The Kier molecular flexibility index (Phi) is 7.78. The Morgan fingerprint density at radius 2 is 2.14 bits per heavy atom. The van der Waals surface area contributed by atoms with Gasteiger partial charge in [-0.1, -0.05) is 26.0 Å². The van der Waals surface area contributed by atoms with Crippen molar-refractivity contribution in [2.75, 3.05) is 59.6 Å². The van der Waals surface area contributed by atoms with E-state index in [4.69, 9.17) is 14.5 Å². The molecule has 1 aromatic rings. The number of hydrogen-bond acceptors (Lipinski definition) is 4. The number of methoxy groups -OCH3 is 1. The van der Waals surface area contributed by atoms with E-state index in [2.05, 4.69) is 54.1 Å². The lowest BCUT2D eigenvalue weighted by Crippen LogP contribution is -2.42. The fourth-order valence-electron chi connectivity index (χ4n) is 4.63. The number of hydrogen-bond donors (Lipinski definition) is 1. The average molecular weight is 403 g/mol.